The highest BCUT2D eigenvalue weighted by atomic mass is 16.1. The maximum Gasteiger partial charge on any atom is 0.251 e. The van der Waals surface area contributed by atoms with Crippen LogP contribution in [0.25, 0.3) is 11.0 Å². The first kappa shape index (κ1) is 14.0. The molecular weight excluding hydrogens is 286 g/mol. The third kappa shape index (κ3) is 2.84. The van der Waals surface area contributed by atoms with Gasteiger partial charge in [-0.25, -0.2) is 4.98 Å². The number of aromatic nitrogens is 2. The molecule has 0 saturated heterocycles. The van der Waals surface area contributed by atoms with Crippen molar-refractivity contribution in [3.8, 4) is 0 Å². The van der Waals surface area contributed by atoms with Gasteiger partial charge in [-0.1, -0.05) is 18.2 Å². The molecule has 116 valence electrons. The van der Waals surface area contributed by atoms with Crippen molar-refractivity contribution in [2.24, 2.45) is 0 Å². The van der Waals surface area contributed by atoms with E-state index < -0.39 is 0 Å². The molecule has 23 heavy (non-hydrogen) atoms. The third-order valence-corrected chi connectivity index (χ3v) is 4.54. The van der Waals surface area contributed by atoms with E-state index in [1.807, 2.05) is 18.2 Å². The molecular formula is C19H19N3O. The number of nitrogens with zero attached hydrogens (tertiary/aromatic N) is 1. The molecule has 0 atom stereocenters. The summed E-state index contributed by atoms with van der Waals surface area (Å²) in [4.78, 5) is 19.4. The summed E-state index contributed by atoms with van der Waals surface area (Å²) in [6, 6.07) is 12.2. The van der Waals surface area contributed by atoms with Gasteiger partial charge in [-0.2, -0.15) is 0 Å². The van der Waals surface area contributed by atoms with Gasteiger partial charge in [-0.05, 0) is 60.6 Å². The fraction of sp³-hybridized carbons (Fsp3) is 0.263. The molecule has 0 bridgehead atoms. The summed E-state index contributed by atoms with van der Waals surface area (Å²) in [6.07, 6.45) is 6.18. The van der Waals surface area contributed by atoms with E-state index in [1.165, 1.54) is 36.0 Å². The van der Waals surface area contributed by atoms with Crippen LogP contribution in [0.5, 0.6) is 0 Å². The molecule has 4 rings (SSSR count). The summed E-state index contributed by atoms with van der Waals surface area (Å²) in [5.74, 6) is -0.0392. The van der Waals surface area contributed by atoms with Crippen molar-refractivity contribution in [2.75, 3.05) is 6.54 Å². The Kier molecular flexibility index (Phi) is 3.58. The van der Waals surface area contributed by atoms with Crippen LogP contribution in [0.2, 0.25) is 0 Å². The van der Waals surface area contributed by atoms with Gasteiger partial charge in [0.05, 0.1) is 17.4 Å². The molecule has 0 radical (unpaired) electrons. The standard InChI is InChI=1S/C19H19N3O/c23-19(16-6-7-17-18(11-16)22-12-21-17)20-9-8-13-4-5-14-2-1-3-15(14)10-13/h4-7,10-12H,1-3,8-9H2,(H,20,23)(H,21,22). The SMILES string of the molecule is O=C(NCCc1ccc2c(c1)CCC2)c1ccc2nc[nH]c2c1. The van der Waals surface area contributed by atoms with Crippen molar-refractivity contribution in [1.29, 1.82) is 0 Å². The van der Waals surface area contributed by atoms with Crippen molar-refractivity contribution in [3.63, 3.8) is 0 Å². The van der Waals surface area contributed by atoms with Gasteiger partial charge in [0.1, 0.15) is 0 Å². The lowest BCUT2D eigenvalue weighted by atomic mass is 10.0. The molecule has 0 spiro atoms. The monoisotopic (exact) mass is 305 g/mol. The lowest BCUT2D eigenvalue weighted by Crippen LogP contribution is -2.25. The molecule has 2 aromatic carbocycles. The van der Waals surface area contributed by atoms with Gasteiger partial charge in [-0.3, -0.25) is 4.79 Å². The van der Waals surface area contributed by atoms with E-state index >= 15 is 0 Å². The van der Waals surface area contributed by atoms with Crippen LogP contribution in [0.4, 0.5) is 0 Å². The molecule has 1 amide bonds. The molecule has 3 aromatic rings. The first-order valence-corrected chi connectivity index (χ1v) is 8.11. The Balaban J connectivity index is 1.37. The molecule has 2 N–H and O–H groups in total. The van der Waals surface area contributed by atoms with Crippen LogP contribution >= 0.6 is 0 Å². The highest BCUT2D eigenvalue weighted by molar-refractivity contribution is 5.97. The Morgan fingerprint density at radius 3 is 3.00 bits per heavy atom. The van der Waals surface area contributed by atoms with E-state index in [9.17, 15) is 4.79 Å². The number of amides is 1. The summed E-state index contributed by atoms with van der Waals surface area (Å²) in [7, 11) is 0. The minimum atomic E-state index is -0.0392. The maximum atomic E-state index is 12.2. The van der Waals surface area contributed by atoms with Crippen LogP contribution in [-0.2, 0) is 19.3 Å². The van der Waals surface area contributed by atoms with Gasteiger partial charge in [0.25, 0.3) is 5.91 Å². The van der Waals surface area contributed by atoms with Gasteiger partial charge in [0.2, 0.25) is 0 Å². The highest BCUT2D eigenvalue weighted by Crippen LogP contribution is 2.22. The molecule has 4 nitrogen and oxygen atoms in total. The van der Waals surface area contributed by atoms with Gasteiger partial charge in [-0.15, -0.1) is 0 Å². The van der Waals surface area contributed by atoms with Crippen LogP contribution in [0.15, 0.2) is 42.7 Å². The second-order valence-electron chi connectivity index (χ2n) is 6.10. The van der Waals surface area contributed by atoms with Crippen molar-refractivity contribution in [2.45, 2.75) is 25.7 Å². The van der Waals surface area contributed by atoms with E-state index in [0.29, 0.717) is 12.1 Å². The van der Waals surface area contributed by atoms with Crippen molar-refractivity contribution < 1.29 is 4.79 Å². The number of benzene rings is 2. The van der Waals surface area contributed by atoms with Crippen LogP contribution < -0.4 is 5.32 Å². The first-order valence-electron chi connectivity index (χ1n) is 8.11. The predicted molar refractivity (Wildman–Crippen MR) is 90.6 cm³/mol. The Bertz CT molecular complexity index is 866. The van der Waals surface area contributed by atoms with E-state index in [1.54, 1.807) is 6.33 Å². The lowest BCUT2D eigenvalue weighted by Gasteiger charge is -2.07. The van der Waals surface area contributed by atoms with E-state index in [2.05, 4.69) is 33.5 Å². The Labute approximate surface area is 134 Å². The molecule has 0 aliphatic heterocycles. The van der Waals surface area contributed by atoms with Gasteiger partial charge < -0.3 is 10.3 Å². The molecule has 0 unspecified atom stereocenters. The smallest absolute Gasteiger partial charge is 0.251 e. The third-order valence-electron chi connectivity index (χ3n) is 4.54. The molecule has 1 aromatic heterocycles. The molecule has 4 heteroatoms. The fourth-order valence-corrected chi connectivity index (χ4v) is 3.28. The number of aryl methyl sites for hydroxylation is 2. The van der Waals surface area contributed by atoms with Crippen molar-refractivity contribution >= 4 is 16.9 Å². The Morgan fingerprint density at radius 2 is 2.04 bits per heavy atom. The Morgan fingerprint density at radius 1 is 1.13 bits per heavy atom. The second kappa shape index (κ2) is 5.88. The zero-order valence-electron chi connectivity index (χ0n) is 12.9. The largest absolute Gasteiger partial charge is 0.352 e. The van der Waals surface area contributed by atoms with E-state index in [-0.39, 0.29) is 5.91 Å². The number of hydrogen-bond donors (Lipinski definition) is 2. The molecule has 1 aliphatic carbocycles. The highest BCUT2D eigenvalue weighted by Gasteiger charge is 2.11. The van der Waals surface area contributed by atoms with Gasteiger partial charge in [0, 0.05) is 12.1 Å². The molecule has 0 saturated carbocycles. The summed E-state index contributed by atoms with van der Waals surface area (Å²) in [6.45, 7) is 0.651. The molecule has 1 aliphatic rings. The number of H-pyrrole nitrogens is 1. The minimum absolute atomic E-state index is 0.0392. The number of carbonyl (C=O) groups excluding carboxylic acids is 1. The number of nitrogens with one attached hydrogen (secondary N) is 2. The number of fused-ring (bicyclic) bond motifs is 2. The lowest BCUT2D eigenvalue weighted by molar-refractivity contribution is 0.0954. The first-order chi connectivity index (χ1) is 11.3. The summed E-state index contributed by atoms with van der Waals surface area (Å²) in [5, 5.41) is 3.00. The Hall–Kier alpha value is -2.62. The van der Waals surface area contributed by atoms with Crippen molar-refractivity contribution in [3.05, 3.63) is 65.0 Å². The maximum absolute atomic E-state index is 12.2. The number of hydrogen-bond acceptors (Lipinski definition) is 2. The average Bonchev–Trinajstić information content (AvgIpc) is 3.22. The van der Waals surface area contributed by atoms with E-state index in [4.69, 9.17) is 0 Å². The van der Waals surface area contributed by atoms with Crippen molar-refractivity contribution in [1.82, 2.24) is 15.3 Å². The van der Waals surface area contributed by atoms with Gasteiger partial charge >= 0.3 is 0 Å². The zero-order chi connectivity index (χ0) is 15.6. The van der Waals surface area contributed by atoms with Crippen LogP contribution in [0, 0.1) is 0 Å². The summed E-state index contributed by atoms with van der Waals surface area (Å²) < 4.78 is 0. The van der Waals surface area contributed by atoms with Crippen LogP contribution in [-0.4, -0.2) is 22.4 Å². The molecule has 0 fully saturated rings. The van der Waals surface area contributed by atoms with E-state index in [0.717, 1.165) is 17.5 Å². The van der Waals surface area contributed by atoms with Crippen LogP contribution in [0.1, 0.15) is 33.5 Å². The topological polar surface area (TPSA) is 57.8 Å². The number of rotatable bonds is 4. The van der Waals surface area contributed by atoms with Crippen LogP contribution in [0.3, 0.4) is 0 Å². The summed E-state index contributed by atoms with van der Waals surface area (Å²) >= 11 is 0. The number of carbonyl (C=O) groups is 1. The minimum Gasteiger partial charge on any atom is -0.352 e. The quantitative estimate of drug-likeness (QED) is 0.778. The number of imidazole rings is 1. The zero-order valence-corrected chi connectivity index (χ0v) is 12.9. The fourth-order valence-electron chi connectivity index (χ4n) is 3.28. The summed E-state index contributed by atoms with van der Waals surface area (Å²) in [5.41, 5.74) is 6.70. The average molecular weight is 305 g/mol. The second-order valence-corrected chi connectivity index (χ2v) is 6.10. The predicted octanol–water partition coefficient (Wildman–Crippen LogP) is 3.02. The molecule has 1 heterocycles. The number of aromatic amines is 1. The normalized spacial score (nSPS) is 13.2. The van der Waals surface area contributed by atoms with Gasteiger partial charge in [0.15, 0.2) is 0 Å².